The van der Waals surface area contributed by atoms with Crippen molar-refractivity contribution >= 4 is 35.8 Å². The maximum Gasteiger partial charge on any atom is 0.314 e. The van der Waals surface area contributed by atoms with E-state index < -0.39 is 0 Å². The molecule has 0 amide bonds. The molecular formula is C25H32O4S2. The van der Waals surface area contributed by atoms with Gasteiger partial charge >= 0.3 is 5.97 Å². The van der Waals surface area contributed by atoms with Crippen LogP contribution < -0.4 is 9.47 Å². The Morgan fingerprint density at radius 1 is 0.968 bits per heavy atom. The van der Waals surface area contributed by atoms with Crippen molar-refractivity contribution in [1.82, 2.24) is 0 Å². The van der Waals surface area contributed by atoms with Gasteiger partial charge in [-0.3, -0.25) is 9.59 Å². The summed E-state index contributed by atoms with van der Waals surface area (Å²) >= 11 is 2.95. The molecule has 1 aromatic rings. The van der Waals surface area contributed by atoms with Gasteiger partial charge in [-0.1, -0.05) is 49.7 Å². The van der Waals surface area contributed by atoms with E-state index in [0.29, 0.717) is 5.75 Å². The van der Waals surface area contributed by atoms with Crippen LogP contribution in [0.1, 0.15) is 64.7 Å². The Morgan fingerprint density at radius 2 is 1.55 bits per heavy atom. The van der Waals surface area contributed by atoms with Gasteiger partial charge in [0.15, 0.2) is 0 Å². The Hall–Kier alpha value is -1.40. The first-order valence-corrected chi connectivity index (χ1v) is 13.2. The first-order valence-electron chi connectivity index (χ1n) is 11.6. The van der Waals surface area contributed by atoms with Crippen LogP contribution in [-0.4, -0.2) is 19.4 Å². The predicted molar refractivity (Wildman–Crippen MR) is 126 cm³/mol. The van der Waals surface area contributed by atoms with E-state index in [2.05, 4.69) is 6.92 Å². The van der Waals surface area contributed by atoms with Crippen LogP contribution in [0.4, 0.5) is 0 Å². The highest BCUT2D eigenvalue weighted by atomic mass is 32.2. The average Bonchev–Trinajstić information content (AvgIpc) is 3.24. The van der Waals surface area contributed by atoms with Crippen molar-refractivity contribution in [3.05, 3.63) is 22.4 Å². The van der Waals surface area contributed by atoms with Crippen molar-refractivity contribution in [2.24, 2.45) is 23.7 Å². The van der Waals surface area contributed by atoms with E-state index in [1.807, 2.05) is 12.1 Å². The van der Waals surface area contributed by atoms with Crippen LogP contribution >= 0.6 is 23.5 Å². The predicted octanol–water partition coefficient (Wildman–Crippen LogP) is 6.86. The third-order valence-corrected chi connectivity index (χ3v) is 9.84. The normalized spacial score (nSPS) is 29.4. The maximum absolute atomic E-state index is 13.0. The van der Waals surface area contributed by atoms with Gasteiger partial charge in [-0.25, -0.2) is 0 Å². The Labute approximate surface area is 193 Å². The fourth-order valence-electron chi connectivity index (χ4n) is 5.39. The lowest BCUT2D eigenvalue weighted by atomic mass is 9.69. The number of allylic oxidation sites excluding steroid dienone is 1. The van der Waals surface area contributed by atoms with E-state index in [9.17, 15) is 9.59 Å². The summed E-state index contributed by atoms with van der Waals surface area (Å²) in [6, 6.07) is 3.65. The van der Waals surface area contributed by atoms with Gasteiger partial charge in [0, 0.05) is 0 Å². The number of rotatable bonds is 6. The van der Waals surface area contributed by atoms with Crippen LogP contribution in [0.2, 0.25) is 0 Å². The summed E-state index contributed by atoms with van der Waals surface area (Å²) in [6.45, 7) is 2.32. The van der Waals surface area contributed by atoms with E-state index in [-0.39, 0.29) is 11.9 Å². The van der Waals surface area contributed by atoms with Gasteiger partial charge in [-0.05, 0) is 74.5 Å². The molecule has 31 heavy (non-hydrogen) atoms. The van der Waals surface area contributed by atoms with Crippen molar-refractivity contribution < 1.29 is 19.1 Å². The van der Waals surface area contributed by atoms with Crippen LogP contribution in [0, 0.1) is 23.7 Å². The number of thioether (sulfide) groups is 2. The Balaban J connectivity index is 1.35. The molecule has 168 valence electrons. The number of hydrogen-bond donors (Lipinski definition) is 0. The summed E-state index contributed by atoms with van der Waals surface area (Å²) in [5, 5.41) is 0. The number of carbonyl (C=O) groups is 2. The highest BCUT2D eigenvalue weighted by Crippen LogP contribution is 2.57. The molecule has 2 saturated carbocycles. The quantitative estimate of drug-likeness (QED) is 0.200. The van der Waals surface area contributed by atoms with E-state index in [0.717, 1.165) is 69.5 Å². The zero-order valence-corrected chi connectivity index (χ0v) is 20.1. The lowest BCUT2D eigenvalue weighted by molar-refractivity contribution is -0.140. The smallest absolute Gasteiger partial charge is 0.314 e. The monoisotopic (exact) mass is 460 g/mol. The molecule has 1 aromatic carbocycles. The Morgan fingerprint density at radius 3 is 2.13 bits per heavy atom. The van der Waals surface area contributed by atoms with Crippen molar-refractivity contribution in [1.29, 1.82) is 0 Å². The minimum absolute atomic E-state index is 0.00923. The molecule has 4 rings (SSSR count). The van der Waals surface area contributed by atoms with Gasteiger partial charge in [0.25, 0.3) is 0 Å². The highest BCUT2D eigenvalue weighted by Gasteiger charge is 2.34. The Kier molecular flexibility index (Phi) is 7.70. The summed E-state index contributed by atoms with van der Waals surface area (Å²) in [5.41, 5.74) is 0. The standard InChI is InChI=1S/C25H32O4S2/c1-3-16-4-6-17(7-5-16)18-8-10-19(11-9-18)25(27)29-21-13-12-20(28-2)23-24(21)31-22(30-23)14-15-26/h12-19H,3-11H2,1-2H3/b22-14+. The molecule has 0 unspecified atom stereocenters. The van der Waals surface area contributed by atoms with Crippen LogP contribution in [0.25, 0.3) is 0 Å². The van der Waals surface area contributed by atoms with Crippen molar-refractivity contribution in [2.75, 3.05) is 7.11 Å². The topological polar surface area (TPSA) is 52.6 Å². The molecule has 0 spiro atoms. The Bertz CT molecular complexity index is 834. The molecule has 0 atom stereocenters. The largest absolute Gasteiger partial charge is 0.496 e. The molecule has 2 fully saturated rings. The molecule has 0 radical (unpaired) electrons. The lowest BCUT2D eigenvalue weighted by Crippen LogP contribution is -2.30. The molecule has 0 saturated heterocycles. The fraction of sp³-hybridized carbons (Fsp3) is 0.600. The second-order valence-electron chi connectivity index (χ2n) is 8.97. The summed E-state index contributed by atoms with van der Waals surface area (Å²) in [5.74, 6) is 3.78. The SMILES string of the molecule is CCC1CCC(C2CCC(C(=O)Oc3ccc(OC)c4c3S/C(=C/C=O)S4)CC2)CC1. The first kappa shape index (κ1) is 22.8. The highest BCUT2D eigenvalue weighted by molar-refractivity contribution is 8.24. The third-order valence-electron chi connectivity index (χ3n) is 7.32. The number of aldehydes is 1. The maximum atomic E-state index is 13.0. The van der Waals surface area contributed by atoms with Gasteiger partial charge in [0.2, 0.25) is 0 Å². The van der Waals surface area contributed by atoms with Gasteiger partial charge in [0.05, 0.1) is 27.1 Å². The number of methoxy groups -OCH3 is 1. The summed E-state index contributed by atoms with van der Waals surface area (Å²) < 4.78 is 12.2. The summed E-state index contributed by atoms with van der Waals surface area (Å²) in [6.07, 6.45) is 13.4. The van der Waals surface area contributed by atoms with E-state index in [1.54, 1.807) is 7.11 Å². The minimum atomic E-state index is -0.112. The number of benzene rings is 1. The second-order valence-corrected chi connectivity index (χ2v) is 11.3. The van der Waals surface area contributed by atoms with Gasteiger partial charge in [-0.2, -0.15) is 0 Å². The molecule has 0 bridgehead atoms. The van der Waals surface area contributed by atoms with Crippen LogP contribution in [0.15, 0.2) is 32.2 Å². The van der Waals surface area contributed by atoms with E-state index in [4.69, 9.17) is 9.47 Å². The summed E-state index contributed by atoms with van der Waals surface area (Å²) in [7, 11) is 1.63. The molecule has 1 heterocycles. The summed E-state index contributed by atoms with van der Waals surface area (Å²) in [4.78, 5) is 25.6. The number of ether oxygens (including phenoxy) is 2. The van der Waals surface area contributed by atoms with Gasteiger partial charge < -0.3 is 9.47 Å². The fourth-order valence-corrected chi connectivity index (χ4v) is 7.81. The number of esters is 1. The van der Waals surface area contributed by atoms with Crippen molar-refractivity contribution in [3.63, 3.8) is 0 Å². The molecule has 6 heteroatoms. The second kappa shape index (κ2) is 10.5. The zero-order valence-electron chi connectivity index (χ0n) is 18.4. The number of carbonyl (C=O) groups excluding carboxylic acids is 2. The van der Waals surface area contributed by atoms with E-state index in [1.165, 1.54) is 61.7 Å². The van der Waals surface area contributed by atoms with Crippen molar-refractivity contribution in [2.45, 2.75) is 74.5 Å². The lowest BCUT2D eigenvalue weighted by Gasteiger charge is -2.37. The third kappa shape index (κ3) is 5.16. The molecule has 4 nitrogen and oxygen atoms in total. The molecule has 3 aliphatic rings. The number of hydrogen-bond acceptors (Lipinski definition) is 6. The number of fused-ring (bicyclic) bond motifs is 1. The van der Waals surface area contributed by atoms with Crippen LogP contribution in [0.3, 0.4) is 0 Å². The van der Waals surface area contributed by atoms with Crippen molar-refractivity contribution in [3.8, 4) is 11.5 Å². The molecule has 0 N–H and O–H groups in total. The first-order chi connectivity index (χ1) is 15.1. The van der Waals surface area contributed by atoms with E-state index >= 15 is 0 Å². The van der Waals surface area contributed by atoms with Gasteiger partial charge in [-0.15, -0.1) is 0 Å². The van der Waals surface area contributed by atoms with Crippen LogP contribution in [0.5, 0.6) is 11.5 Å². The van der Waals surface area contributed by atoms with Gasteiger partial charge in [0.1, 0.15) is 17.8 Å². The molecule has 2 aliphatic carbocycles. The zero-order chi connectivity index (χ0) is 21.8. The average molecular weight is 461 g/mol. The molecule has 0 aromatic heterocycles. The molecule has 1 aliphatic heterocycles. The van der Waals surface area contributed by atoms with Crippen LogP contribution in [-0.2, 0) is 9.59 Å². The molecular weight excluding hydrogens is 428 g/mol. The minimum Gasteiger partial charge on any atom is -0.496 e.